The van der Waals surface area contributed by atoms with Crippen molar-refractivity contribution in [3.8, 4) is 34.0 Å². The Morgan fingerprint density at radius 1 is 0.970 bits per heavy atom. The Morgan fingerprint density at radius 2 is 1.61 bits per heavy atom. The highest BCUT2D eigenvalue weighted by Gasteiger charge is 2.29. The molecule has 1 aromatic heterocycles. The number of nitrogens with zero attached hydrogens (tertiary/aromatic N) is 4. The molecule has 2 heterocycles. The number of carbonyl (C=O) groups excluding carboxylic acids is 1. The van der Waals surface area contributed by atoms with E-state index >= 15 is 0 Å². The van der Waals surface area contributed by atoms with Crippen molar-refractivity contribution >= 4 is 11.9 Å². The normalized spacial score (nSPS) is 15.7. The van der Waals surface area contributed by atoms with Crippen LogP contribution in [0, 0.1) is 5.92 Å². The lowest BCUT2D eigenvalue weighted by molar-refractivity contribution is -0.148. The molecule has 33 heavy (non-hydrogen) atoms. The molecule has 2 aromatic carbocycles. The van der Waals surface area contributed by atoms with Crippen molar-refractivity contribution < 1.29 is 19.0 Å². The van der Waals surface area contributed by atoms with E-state index in [2.05, 4.69) is 10.2 Å². The second-order valence-electron chi connectivity index (χ2n) is 7.75. The van der Waals surface area contributed by atoms with Gasteiger partial charge in [-0.3, -0.25) is 4.79 Å². The summed E-state index contributed by atoms with van der Waals surface area (Å²) >= 11 is 0. The Labute approximate surface area is 193 Å². The number of hydrogen-bond donors (Lipinski definition) is 0. The minimum atomic E-state index is -0.203. The molecule has 4 rings (SSSR count). The van der Waals surface area contributed by atoms with Gasteiger partial charge in [-0.25, -0.2) is 4.98 Å². The summed E-state index contributed by atoms with van der Waals surface area (Å²) in [5, 5.41) is 9.04. The second kappa shape index (κ2) is 10.3. The topological polar surface area (TPSA) is 86.7 Å². The summed E-state index contributed by atoms with van der Waals surface area (Å²) in [4.78, 5) is 19.3. The van der Waals surface area contributed by atoms with Crippen molar-refractivity contribution in [3.63, 3.8) is 0 Å². The third-order valence-corrected chi connectivity index (χ3v) is 5.72. The van der Waals surface area contributed by atoms with Crippen LogP contribution in [-0.4, -0.2) is 55.1 Å². The molecule has 0 amide bonds. The van der Waals surface area contributed by atoms with Crippen LogP contribution in [-0.2, 0) is 9.53 Å². The van der Waals surface area contributed by atoms with E-state index in [4.69, 9.17) is 19.2 Å². The number of hydrogen-bond acceptors (Lipinski definition) is 8. The number of piperidine rings is 1. The fraction of sp³-hybridized carbons (Fsp3) is 0.360. The quantitative estimate of drug-likeness (QED) is 0.501. The number of aromatic nitrogens is 3. The number of rotatable bonds is 7. The number of methoxy groups -OCH3 is 2. The van der Waals surface area contributed by atoms with E-state index in [-0.39, 0.29) is 11.9 Å². The number of ether oxygens (including phenoxy) is 3. The van der Waals surface area contributed by atoms with Crippen LogP contribution in [0.3, 0.4) is 0 Å². The molecule has 0 spiro atoms. The monoisotopic (exact) mass is 448 g/mol. The molecule has 1 aliphatic heterocycles. The van der Waals surface area contributed by atoms with Crippen LogP contribution in [0.5, 0.6) is 11.5 Å². The van der Waals surface area contributed by atoms with Crippen LogP contribution in [0.2, 0.25) is 0 Å². The van der Waals surface area contributed by atoms with Gasteiger partial charge in [0.05, 0.1) is 26.7 Å². The maximum atomic E-state index is 12.3. The summed E-state index contributed by atoms with van der Waals surface area (Å²) in [6, 6.07) is 15.3. The molecule has 0 N–H and O–H groups in total. The zero-order valence-corrected chi connectivity index (χ0v) is 19.2. The Balaban J connectivity index is 1.80. The molecule has 0 bridgehead atoms. The van der Waals surface area contributed by atoms with Gasteiger partial charge in [-0.15, -0.1) is 10.2 Å². The van der Waals surface area contributed by atoms with Crippen LogP contribution in [0.15, 0.2) is 48.5 Å². The highest BCUT2D eigenvalue weighted by Crippen LogP contribution is 2.38. The third-order valence-electron chi connectivity index (χ3n) is 5.72. The lowest BCUT2D eigenvalue weighted by Gasteiger charge is -2.31. The molecule has 8 nitrogen and oxygen atoms in total. The molecule has 0 saturated carbocycles. The van der Waals surface area contributed by atoms with Crippen molar-refractivity contribution in [2.75, 3.05) is 38.8 Å². The fourth-order valence-corrected chi connectivity index (χ4v) is 4.11. The summed E-state index contributed by atoms with van der Waals surface area (Å²) in [5.41, 5.74) is 2.83. The van der Waals surface area contributed by atoms with E-state index in [1.165, 1.54) is 0 Å². The maximum absolute atomic E-state index is 12.3. The van der Waals surface area contributed by atoms with Crippen molar-refractivity contribution in [3.05, 3.63) is 48.5 Å². The number of anilines is 1. The first kappa shape index (κ1) is 22.5. The van der Waals surface area contributed by atoms with Crippen LogP contribution < -0.4 is 14.4 Å². The largest absolute Gasteiger partial charge is 0.496 e. The van der Waals surface area contributed by atoms with Gasteiger partial charge in [-0.1, -0.05) is 24.3 Å². The Kier molecular flexibility index (Phi) is 7.02. The summed E-state index contributed by atoms with van der Waals surface area (Å²) < 4.78 is 16.4. The van der Waals surface area contributed by atoms with Crippen LogP contribution in [0.4, 0.5) is 5.95 Å². The predicted octanol–water partition coefficient (Wildman–Crippen LogP) is 4.00. The average Bonchev–Trinajstić information content (AvgIpc) is 2.88. The van der Waals surface area contributed by atoms with Crippen molar-refractivity contribution in [1.82, 2.24) is 15.2 Å². The van der Waals surface area contributed by atoms with E-state index < -0.39 is 0 Å². The van der Waals surface area contributed by atoms with Crippen LogP contribution >= 0.6 is 0 Å². The second-order valence-corrected chi connectivity index (χ2v) is 7.75. The first-order chi connectivity index (χ1) is 16.2. The molecule has 1 fully saturated rings. The highest BCUT2D eigenvalue weighted by atomic mass is 16.5. The first-order valence-corrected chi connectivity index (χ1v) is 11.1. The van der Waals surface area contributed by atoms with Crippen molar-refractivity contribution in [2.45, 2.75) is 19.8 Å². The van der Waals surface area contributed by atoms with Crippen molar-refractivity contribution in [2.24, 2.45) is 5.92 Å². The van der Waals surface area contributed by atoms with Crippen LogP contribution in [0.1, 0.15) is 19.8 Å². The summed E-state index contributed by atoms with van der Waals surface area (Å²) in [7, 11) is 3.26. The van der Waals surface area contributed by atoms with Gasteiger partial charge in [-0.05, 0) is 44.0 Å². The number of esters is 1. The van der Waals surface area contributed by atoms with E-state index in [1.807, 2.05) is 60.4 Å². The van der Waals surface area contributed by atoms with Gasteiger partial charge in [0.2, 0.25) is 5.95 Å². The summed E-state index contributed by atoms with van der Waals surface area (Å²) in [6.07, 6.45) is 1.65. The SMILES string of the molecule is CCOC(=O)C1CCCN(c2nnc(-c3ccccc3OC)c(-c3ccccc3OC)n2)C1. The Hall–Kier alpha value is -3.68. The zero-order chi connectivity index (χ0) is 23.2. The van der Waals surface area contributed by atoms with Crippen molar-refractivity contribution in [1.29, 1.82) is 0 Å². The van der Waals surface area contributed by atoms with Crippen LogP contribution in [0.25, 0.3) is 22.5 Å². The maximum Gasteiger partial charge on any atom is 0.310 e. The Bertz CT molecular complexity index is 1120. The fourth-order valence-electron chi connectivity index (χ4n) is 4.11. The van der Waals surface area contributed by atoms with Gasteiger partial charge in [-0.2, -0.15) is 0 Å². The predicted molar refractivity (Wildman–Crippen MR) is 125 cm³/mol. The lowest BCUT2D eigenvalue weighted by Crippen LogP contribution is -2.40. The minimum Gasteiger partial charge on any atom is -0.496 e. The molecule has 3 aromatic rings. The molecule has 1 saturated heterocycles. The Morgan fingerprint density at radius 3 is 2.24 bits per heavy atom. The average molecular weight is 449 g/mol. The number of carbonyl (C=O) groups is 1. The van der Waals surface area contributed by atoms with Gasteiger partial charge in [0, 0.05) is 24.2 Å². The number of benzene rings is 2. The van der Waals surface area contributed by atoms with E-state index in [1.54, 1.807) is 14.2 Å². The van der Waals surface area contributed by atoms with E-state index in [0.29, 0.717) is 42.0 Å². The van der Waals surface area contributed by atoms with E-state index in [9.17, 15) is 4.79 Å². The van der Waals surface area contributed by atoms with Gasteiger partial charge in [0.25, 0.3) is 0 Å². The smallest absolute Gasteiger partial charge is 0.310 e. The minimum absolute atomic E-state index is 0.175. The molecule has 172 valence electrons. The molecule has 8 heteroatoms. The first-order valence-electron chi connectivity index (χ1n) is 11.1. The third kappa shape index (κ3) is 4.74. The van der Waals surface area contributed by atoms with Gasteiger partial charge < -0.3 is 19.1 Å². The molecule has 0 aliphatic carbocycles. The molecule has 1 aliphatic rings. The molecular formula is C25H28N4O4. The zero-order valence-electron chi connectivity index (χ0n) is 19.2. The van der Waals surface area contributed by atoms with E-state index in [0.717, 1.165) is 30.5 Å². The highest BCUT2D eigenvalue weighted by molar-refractivity contribution is 5.83. The molecule has 0 radical (unpaired) electrons. The standard InChI is InChI=1S/C25H28N4O4/c1-4-33-24(30)17-10-9-15-29(16-17)25-26-22(18-11-5-7-13-20(18)31-2)23(27-28-25)19-12-6-8-14-21(19)32-3/h5-8,11-14,17H,4,9-10,15-16H2,1-3H3. The molecule has 1 atom stereocenters. The van der Waals surface area contributed by atoms with Gasteiger partial charge in [0.15, 0.2) is 0 Å². The van der Waals surface area contributed by atoms with Gasteiger partial charge >= 0.3 is 5.97 Å². The summed E-state index contributed by atoms with van der Waals surface area (Å²) in [6.45, 7) is 3.44. The number of para-hydroxylation sites is 2. The van der Waals surface area contributed by atoms with Gasteiger partial charge in [0.1, 0.15) is 22.9 Å². The molecular weight excluding hydrogens is 420 g/mol. The lowest BCUT2D eigenvalue weighted by atomic mass is 9.98. The molecule has 1 unspecified atom stereocenters. The summed E-state index contributed by atoms with van der Waals surface area (Å²) in [5.74, 6) is 1.46.